The summed E-state index contributed by atoms with van der Waals surface area (Å²) >= 11 is 1.61. The number of ether oxygens (including phenoxy) is 1. The molecule has 1 aromatic carbocycles. The summed E-state index contributed by atoms with van der Waals surface area (Å²) in [7, 11) is 1.67. The van der Waals surface area contributed by atoms with E-state index in [9.17, 15) is 0 Å². The second-order valence-electron chi connectivity index (χ2n) is 3.72. The maximum atomic E-state index is 5.51. The summed E-state index contributed by atoms with van der Waals surface area (Å²) < 4.78 is 10.6. The van der Waals surface area contributed by atoms with Gasteiger partial charge in [0.25, 0.3) is 0 Å². The summed E-state index contributed by atoms with van der Waals surface area (Å²) in [4.78, 5) is 4.53. The number of rotatable bonds is 3. The van der Waals surface area contributed by atoms with Gasteiger partial charge in [-0.3, -0.25) is 0 Å². The molecule has 0 aliphatic rings. The van der Waals surface area contributed by atoms with Crippen molar-refractivity contribution in [3.8, 4) is 10.6 Å². The van der Waals surface area contributed by atoms with E-state index in [1.807, 2.05) is 29.6 Å². The minimum absolute atomic E-state index is 0.548. The van der Waals surface area contributed by atoms with Crippen molar-refractivity contribution < 1.29 is 9.15 Å². The highest BCUT2D eigenvalue weighted by molar-refractivity contribution is 7.13. The van der Waals surface area contributed by atoms with Gasteiger partial charge in [-0.2, -0.15) is 0 Å². The zero-order valence-electron chi connectivity index (χ0n) is 9.34. The van der Waals surface area contributed by atoms with Crippen LogP contribution in [-0.2, 0) is 11.3 Å². The molecule has 0 amide bonds. The van der Waals surface area contributed by atoms with E-state index in [0.717, 1.165) is 27.2 Å². The van der Waals surface area contributed by atoms with Crippen LogP contribution in [0.25, 0.3) is 21.5 Å². The average Bonchev–Trinajstić information content (AvgIpc) is 2.95. The molecule has 0 fully saturated rings. The summed E-state index contributed by atoms with van der Waals surface area (Å²) in [5.74, 6) is 0. The first-order valence-electron chi connectivity index (χ1n) is 5.28. The van der Waals surface area contributed by atoms with Gasteiger partial charge in [-0.1, -0.05) is 18.2 Å². The average molecular weight is 245 g/mol. The first-order valence-corrected chi connectivity index (χ1v) is 6.16. The number of hydrogen-bond acceptors (Lipinski definition) is 4. The SMILES string of the molecule is COCc1csc(-c2coc3ccccc23)n1. The fourth-order valence-corrected chi connectivity index (χ4v) is 2.61. The smallest absolute Gasteiger partial charge is 0.134 e. The predicted octanol–water partition coefficient (Wildman–Crippen LogP) is 3.70. The van der Waals surface area contributed by atoms with Crippen LogP contribution < -0.4 is 0 Å². The molecule has 0 N–H and O–H groups in total. The van der Waals surface area contributed by atoms with Gasteiger partial charge in [0.15, 0.2) is 0 Å². The van der Waals surface area contributed by atoms with Gasteiger partial charge in [0.2, 0.25) is 0 Å². The van der Waals surface area contributed by atoms with Crippen LogP contribution in [0.1, 0.15) is 5.69 Å². The normalized spacial score (nSPS) is 11.1. The first-order chi connectivity index (χ1) is 8.38. The van der Waals surface area contributed by atoms with Gasteiger partial charge < -0.3 is 9.15 Å². The van der Waals surface area contributed by atoms with Crippen LogP contribution >= 0.6 is 11.3 Å². The van der Waals surface area contributed by atoms with E-state index in [0.29, 0.717) is 6.61 Å². The number of thiazole rings is 1. The molecule has 0 saturated carbocycles. The van der Waals surface area contributed by atoms with E-state index in [1.165, 1.54) is 0 Å². The van der Waals surface area contributed by atoms with Gasteiger partial charge in [0, 0.05) is 17.9 Å². The van der Waals surface area contributed by atoms with Crippen molar-refractivity contribution in [3.05, 3.63) is 41.6 Å². The largest absolute Gasteiger partial charge is 0.464 e. The number of para-hydroxylation sites is 1. The molecule has 17 heavy (non-hydrogen) atoms. The zero-order valence-corrected chi connectivity index (χ0v) is 10.2. The van der Waals surface area contributed by atoms with E-state index in [1.54, 1.807) is 24.7 Å². The van der Waals surface area contributed by atoms with Crippen LogP contribution in [0.15, 0.2) is 40.3 Å². The topological polar surface area (TPSA) is 35.3 Å². The molecule has 3 nitrogen and oxygen atoms in total. The standard InChI is InChI=1S/C13H11NO2S/c1-15-6-9-8-17-13(14-9)11-7-16-12-5-3-2-4-10(11)12/h2-5,7-8H,6H2,1H3. The molecule has 0 radical (unpaired) electrons. The molecular weight excluding hydrogens is 234 g/mol. The number of hydrogen-bond donors (Lipinski definition) is 0. The van der Waals surface area contributed by atoms with Crippen molar-refractivity contribution in [1.82, 2.24) is 4.98 Å². The van der Waals surface area contributed by atoms with Gasteiger partial charge in [0.05, 0.1) is 17.9 Å². The number of furan rings is 1. The first kappa shape index (κ1) is 10.5. The molecule has 3 rings (SSSR count). The van der Waals surface area contributed by atoms with Crippen molar-refractivity contribution in [2.45, 2.75) is 6.61 Å². The Morgan fingerprint density at radius 1 is 1.35 bits per heavy atom. The fourth-order valence-electron chi connectivity index (χ4n) is 1.79. The lowest BCUT2D eigenvalue weighted by atomic mass is 10.2. The Kier molecular flexibility index (Phi) is 2.66. The molecule has 0 aliphatic heterocycles. The minimum Gasteiger partial charge on any atom is -0.464 e. The van der Waals surface area contributed by atoms with E-state index in [-0.39, 0.29) is 0 Å². The highest BCUT2D eigenvalue weighted by atomic mass is 32.1. The minimum atomic E-state index is 0.548. The van der Waals surface area contributed by atoms with Crippen LogP contribution in [0.2, 0.25) is 0 Å². The Balaban J connectivity index is 2.07. The van der Waals surface area contributed by atoms with Gasteiger partial charge in [-0.15, -0.1) is 11.3 Å². The molecule has 0 unspecified atom stereocenters. The highest BCUT2D eigenvalue weighted by Crippen LogP contribution is 2.32. The predicted molar refractivity (Wildman–Crippen MR) is 68.0 cm³/mol. The number of nitrogens with zero attached hydrogens (tertiary/aromatic N) is 1. The van der Waals surface area contributed by atoms with Crippen LogP contribution in [-0.4, -0.2) is 12.1 Å². The van der Waals surface area contributed by atoms with E-state index >= 15 is 0 Å². The molecule has 4 heteroatoms. The summed E-state index contributed by atoms with van der Waals surface area (Å²) in [6.45, 7) is 0.548. The summed E-state index contributed by atoms with van der Waals surface area (Å²) in [6, 6.07) is 7.98. The molecule has 2 aromatic heterocycles. The molecule has 0 saturated heterocycles. The van der Waals surface area contributed by atoms with Crippen molar-refractivity contribution in [3.63, 3.8) is 0 Å². The molecule has 0 bridgehead atoms. The number of fused-ring (bicyclic) bond motifs is 1. The Labute approximate surface area is 103 Å². The Morgan fingerprint density at radius 2 is 2.24 bits per heavy atom. The molecule has 86 valence electrons. The number of benzene rings is 1. The van der Waals surface area contributed by atoms with Gasteiger partial charge >= 0.3 is 0 Å². The van der Waals surface area contributed by atoms with Crippen LogP contribution in [0, 0.1) is 0 Å². The summed E-state index contributed by atoms with van der Waals surface area (Å²) in [5, 5.41) is 4.09. The van der Waals surface area contributed by atoms with Crippen molar-refractivity contribution in [1.29, 1.82) is 0 Å². The quantitative estimate of drug-likeness (QED) is 0.705. The van der Waals surface area contributed by atoms with E-state index < -0.39 is 0 Å². The van der Waals surface area contributed by atoms with Gasteiger partial charge in [0.1, 0.15) is 16.9 Å². The number of aromatic nitrogens is 1. The lowest BCUT2D eigenvalue weighted by Crippen LogP contribution is -1.86. The maximum absolute atomic E-state index is 5.51. The van der Waals surface area contributed by atoms with Gasteiger partial charge in [-0.05, 0) is 6.07 Å². The van der Waals surface area contributed by atoms with Crippen LogP contribution in [0.3, 0.4) is 0 Å². The molecule has 3 aromatic rings. The summed E-state index contributed by atoms with van der Waals surface area (Å²) in [6.07, 6.45) is 1.76. The molecule has 0 spiro atoms. The second-order valence-corrected chi connectivity index (χ2v) is 4.58. The van der Waals surface area contributed by atoms with E-state index in [4.69, 9.17) is 9.15 Å². The van der Waals surface area contributed by atoms with Crippen molar-refractivity contribution in [2.24, 2.45) is 0 Å². The molecular formula is C13H11NO2S. The Morgan fingerprint density at radius 3 is 3.12 bits per heavy atom. The van der Waals surface area contributed by atoms with Crippen molar-refractivity contribution >= 4 is 22.3 Å². The molecule has 0 atom stereocenters. The third-order valence-electron chi connectivity index (χ3n) is 2.56. The van der Waals surface area contributed by atoms with Crippen LogP contribution in [0.5, 0.6) is 0 Å². The molecule has 2 heterocycles. The molecule has 0 aliphatic carbocycles. The zero-order chi connectivity index (χ0) is 11.7. The Hall–Kier alpha value is -1.65. The van der Waals surface area contributed by atoms with Gasteiger partial charge in [-0.25, -0.2) is 4.98 Å². The maximum Gasteiger partial charge on any atom is 0.134 e. The third kappa shape index (κ3) is 1.85. The lowest BCUT2D eigenvalue weighted by molar-refractivity contribution is 0.182. The monoisotopic (exact) mass is 245 g/mol. The fraction of sp³-hybridized carbons (Fsp3) is 0.154. The second kappa shape index (κ2) is 4.31. The third-order valence-corrected chi connectivity index (χ3v) is 3.48. The number of methoxy groups -OCH3 is 1. The lowest BCUT2D eigenvalue weighted by Gasteiger charge is -1.92. The highest BCUT2D eigenvalue weighted by Gasteiger charge is 2.11. The van der Waals surface area contributed by atoms with E-state index in [2.05, 4.69) is 4.98 Å². The van der Waals surface area contributed by atoms with Crippen LogP contribution in [0.4, 0.5) is 0 Å². The summed E-state index contributed by atoms with van der Waals surface area (Å²) in [5.41, 5.74) is 2.90. The Bertz CT molecular complexity index is 641. The van der Waals surface area contributed by atoms with Crippen molar-refractivity contribution in [2.75, 3.05) is 7.11 Å².